The van der Waals surface area contributed by atoms with Crippen LogP contribution in [0.15, 0.2) is 54.6 Å². The Morgan fingerprint density at radius 3 is 1.14 bits per heavy atom. The van der Waals surface area contributed by atoms with Crippen LogP contribution in [0, 0.1) is 72.9 Å². The van der Waals surface area contributed by atoms with E-state index in [4.69, 9.17) is 0 Å². The van der Waals surface area contributed by atoms with Gasteiger partial charge in [0.25, 0.3) is 17.1 Å². The fraction of sp³-hybridized carbons (Fsp3) is 0.231. The molecule has 0 amide bonds. The van der Waals surface area contributed by atoms with Crippen LogP contribution in [0.5, 0.6) is 0 Å². The summed E-state index contributed by atoms with van der Waals surface area (Å²) in [7, 11) is 0.628. The number of benzene rings is 3. The standard InChI is InChI=1S/C16H16N2O4.C8H9NO2.2CH3.5HI.2V/c1-11-5-3-7-15(17(19)20)13(11)9-10-14-12(2)6-4-8-16(14)18(21)22;1-6-4-3-5-8(7(6)2)9(10)11;;;;;;;;;/h3-8H,9-10H2,1-2H3;3-5H,1-2H3;2*1H3;5*1H;;/q;;2*-1;;;;;;+2;+3/p-5. The second kappa shape index (κ2) is 25.8. The fourth-order valence-electron chi connectivity index (χ4n) is 3.55. The van der Waals surface area contributed by atoms with Crippen LogP contribution in [0.4, 0.5) is 17.1 Å². The van der Waals surface area contributed by atoms with E-state index in [1.54, 1.807) is 25.1 Å². The molecule has 0 fully saturated rings. The topological polar surface area (TPSA) is 129 Å². The minimum atomic E-state index is -0.408. The number of hydrogen-bond donors (Lipinski definition) is 0. The maximum absolute atomic E-state index is 11.1. The Bertz CT molecular complexity index is 1240. The van der Waals surface area contributed by atoms with Crippen LogP contribution in [0.3, 0.4) is 0 Å². The Hall–Kier alpha value is 0.679. The van der Waals surface area contributed by atoms with E-state index in [1.807, 2.05) is 39.0 Å². The number of nitro benzene ring substituents is 3. The van der Waals surface area contributed by atoms with Crippen molar-refractivity contribution >= 4 is 117 Å². The van der Waals surface area contributed by atoms with Crippen LogP contribution in [0.1, 0.15) is 33.4 Å². The summed E-state index contributed by atoms with van der Waals surface area (Å²) in [6.45, 7) is 7.25. The maximum atomic E-state index is 11.1. The average Bonchev–Trinajstić information content (AvgIpc) is 2.85. The number of nitrogens with zero attached hydrogens (tertiary/aromatic N) is 3. The molecule has 0 saturated carbocycles. The molecule has 3 aromatic carbocycles. The van der Waals surface area contributed by atoms with Crippen LogP contribution < -0.4 is 0 Å². The molecule has 0 saturated heterocycles. The molecule has 0 bridgehead atoms. The predicted octanol–water partition coefficient (Wildman–Crippen LogP) is 11.4. The van der Waals surface area contributed by atoms with Crippen molar-refractivity contribution in [3.63, 3.8) is 0 Å². The molecule has 0 N–H and O–H groups in total. The molecule has 0 atom stereocenters. The fourth-order valence-corrected chi connectivity index (χ4v) is 3.55. The van der Waals surface area contributed by atoms with Gasteiger partial charge >= 0.3 is 114 Å². The summed E-state index contributed by atoms with van der Waals surface area (Å²) < 4.78 is 0. The first-order valence-electron chi connectivity index (χ1n) is 11.1. The molecule has 0 aliphatic carbocycles. The zero-order valence-corrected chi connectivity index (χ0v) is 37.3. The molecular weight excluding hydrogens is 1190 g/mol. The van der Waals surface area contributed by atoms with Crippen molar-refractivity contribution in [1.29, 1.82) is 0 Å². The molecule has 0 heterocycles. The van der Waals surface area contributed by atoms with E-state index < -0.39 is 9.85 Å². The van der Waals surface area contributed by atoms with Crippen LogP contribution >= 0.6 is 99.9 Å². The van der Waals surface area contributed by atoms with Crippen molar-refractivity contribution in [2.45, 2.75) is 40.5 Å². The van der Waals surface area contributed by atoms with E-state index >= 15 is 0 Å². The molecule has 0 radical (unpaired) electrons. The summed E-state index contributed by atoms with van der Waals surface area (Å²) in [5, 5.41) is 32.6. The summed E-state index contributed by atoms with van der Waals surface area (Å²) in [6.07, 6.45) is 0.795. The number of halogens is 5. The number of aryl methyl sites for hydroxylation is 3. The molecule has 0 aliphatic rings. The van der Waals surface area contributed by atoms with E-state index in [0.717, 1.165) is 22.3 Å². The van der Waals surface area contributed by atoms with Crippen molar-refractivity contribution in [3.05, 3.63) is 133 Å². The summed E-state index contributed by atoms with van der Waals surface area (Å²) in [6, 6.07) is 14.9. The van der Waals surface area contributed by atoms with Crippen LogP contribution in [0.2, 0.25) is 0 Å². The van der Waals surface area contributed by atoms with Gasteiger partial charge in [0, 0.05) is 34.9 Å². The van der Waals surface area contributed by atoms with E-state index in [2.05, 4.69) is 99.9 Å². The van der Waals surface area contributed by atoms with Crippen molar-refractivity contribution < 1.29 is 29.2 Å². The second-order valence-electron chi connectivity index (χ2n) is 7.89. The molecule has 0 spiro atoms. The van der Waals surface area contributed by atoms with Gasteiger partial charge in [-0.15, -0.1) is 0 Å². The van der Waals surface area contributed by atoms with Gasteiger partial charge in [-0.2, -0.15) is 0 Å². The van der Waals surface area contributed by atoms with Crippen molar-refractivity contribution in [1.82, 2.24) is 0 Å². The van der Waals surface area contributed by atoms with Crippen LogP contribution in [-0.4, -0.2) is 14.8 Å². The zero-order chi connectivity index (χ0) is 31.0. The SMILES string of the molecule is Cc1cccc([N+](=O)[O-])c1C.Cc1cccc([N+](=O)[O-])c1CCc1c(C)cccc1[N+](=O)[O-].[CH3-].[CH3-].[I][V]([I])[I].[I][V][I]. The van der Waals surface area contributed by atoms with Gasteiger partial charge in [0.15, 0.2) is 0 Å². The third kappa shape index (κ3) is 18.0. The van der Waals surface area contributed by atoms with Gasteiger partial charge in [0.2, 0.25) is 0 Å². The third-order valence-corrected chi connectivity index (χ3v) is 5.56. The van der Waals surface area contributed by atoms with Gasteiger partial charge in [0.05, 0.1) is 14.8 Å². The zero-order valence-electron chi connectivity index (χ0n) is 23.7. The molecule has 9 nitrogen and oxygen atoms in total. The molecule has 42 heavy (non-hydrogen) atoms. The molecule has 3 rings (SSSR count). The molecule has 0 aliphatic heterocycles. The number of rotatable bonds is 6. The predicted molar refractivity (Wildman–Crippen MR) is 209 cm³/mol. The van der Waals surface area contributed by atoms with Gasteiger partial charge < -0.3 is 14.9 Å². The first kappa shape index (κ1) is 47.1. The Balaban J connectivity index is -0.000000638. The monoisotopic (exact) mass is 1220 g/mol. The second-order valence-corrected chi connectivity index (χ2v) is 55.1. The molecule has 16 heteroatoms. The quantitative estimate of drug-likeness (QED) is 0.105. The molecular formula is C26H31I5N3O6V2-2. The van der Waals surface area contributed by atoms with Gasteiger partial charge in [-0.05, 0) is 57.2 Å². The van der Waals surface area contributed by atoms with Crippen LogP contribution in [-0.2, 0) is 27.2 Å². The van der Waals surface area contributed by atoms with E-state index in [-0.39, 0.29) is 41.8 Å². The Morgan fingerprint density at radius 2 is 0.881 bits per heavy atom. The number of nitro groups is 3. The van der Waals surface area contributed by atoms with Crippen molar-refractivity contribution in [3.8, 4) is 0 Å². The molecule has 0 aromatic heterocycles. The van der Waals surface area contributed by atoms with Gasteiger partial charge in [-0.1, -0.05) is 36.4 Å². The van der Waals surface area contributed by atoms with Gasteiger partial charge in [0.1, 0.15) is 0 Å². The Morgan fingerprint density at radius 1 is 0.619 bits per heavy atom. The van der Waals surface area contributed by atoms with Crippen molar-refractivity contribution in [2.75, 3.05) is 0 Å². The first-order valence-corrected chi connectivity index (χ1v) is 33.6. The van der Waals surface area contributed by atoms with E-state index in [9.17, 15) is 30.3 Å². The minimum absolute atomic E-state index is 0. The van der Waals surface area contributed by atoms with Crippen LogP contribution in [0.25, 0.3) is 0 Å². The summed E-state index contributed by atoms with van der Waals surface area (Å²) in [4.78, 5) is 31.2. The van der Waals surface area contributed by atoms with E-state index in [0.29, 0.717) is 33.4 Å². The van der Waals surface area contributed by atoms with Gasteiger partial charge in [-0.25, -0.2) is 0 Å². The third-order valence-electron chi connectivity index (χ3n) is 5.56. The van der Waals surface area contributed by atoms with E-state index in [1.165, 1.54) is 18.2 Å². The number of hydrogen-bond acceptors (Lipinski definition) is 6. The normalized spacial score (nSPS) is 9.19. The summed E-state index contributed by atoms with van der Waals surface area (Å²) >= 11 is 12.1. The summed E-state index contributed by atoms with van der Waals surface area (Å²) in [5.74, 6) is 0. The molecule has 233 valence electrons. The van der Waals surface area contributed by atoms with Crippen molar-refractivity contribution in [2.24, 2.45) is 0 Å². The summed E-state index contributed by atoms with van der Waals surface area (Å²) in [5.41, 5.74) is 4.94. The van der Waals surface area contributed by atoms with Gasteiger partial charge in [-0.3, -0.25) is 30.3 Å². The first-order chi connectivity index (χ1) is 18.7. The Kier molecular flexibility index (Phi) is 29.0. The average molecular weight is 1220 g/mol. The molecule has 3 aromatic rings. The molecule has 0 unspecified atom stereocenters. The Labute approximate surface area is 314 Å².